The van der Waals surface area contributed by atoms with E-state index >= 15 is 0 Å². The topological polar surface area (TPSA) is 61.5 Å². The molecule has 1 fully saturated rings. The number of aromatic nitrogens is 2. The van der Waals surface area contributed by atoms with Crippen LogP contribution in [0.3, 0.4) is 0 Å². The molecule has 0 bridgehead atoms. The SMILES string of the molecule is COc1ccc(F)cc1C(c1nc2ccccc2[nH]1)N1CCc2cc(-c3ccc(C4CCN(C)CC4)cc3)sc2C1=O. The van der Waals surface area contributed by atoms with Gasteiger partial charge in [0, 0.05) is 17.0 Å². The highest BCUT2D eigenvalue weighted by atomic mass is 32.1. The minimum atomic E-state index is -0.636. The number of piperidine rings is 1. The summed E-state index contributed by atoms with van der Waals surface area (Å²) in [5.74, 6) is 1.23. The van der Waals surface area contributed by atoms with E-state index in [1.165, 1.54) is 41.9 Å². The van der Waals surface area contributed by atoms with Gasteiger partial charge in [-0.3, -0.25) is 4.79 Å². The predicted molar refractivity (Wildman–Crippen MR) is 165 cm³/mol. The van der Waals surface area contributed by atoms with Gasteiger partial charge < -0.3 is 19.5 Å². The molecule has 3 aromatic carbocycles. The van der Waals surface area contributed by atoms with Crippen LogP contribution in [-0.2, 0) is 6.42 Å². The van der Waals surface area contributed by atoms with Crippen LogP contribution in [0.5, 0.6) is 5.75 Å². The summed E-state index contributed by atoms with van der Waals surface area (Å²) in [6.07, 6.45) is 3.09. The maximum atomic E-state index is 14.6. The van der Waals surface area contributed by atoms with E-state index in [4.69, 9.17) is 9.72 Å². The fourth-order valence-corrected chi connectivity index (χ4v) is 7.57. The number of nitrogens with zero attached hydrogens (tertiary/aromatic N) is 3. The summed E-state index contributed by atoms with van der Waals surface area (Å²) in [5.41, 5.74) is 5.80. The van der Waals surface area contributed by atoms with Crippen molar-refractivity contribution in [3.05, 3.63) is 106 Å². The highest BCUT2D eigenvalue weighted by molar-refractivity contribution is 7.17. The number of H-pyrrole nitrogens is 1. The van der Waals surface area contributed by atoms with Crippen molar-refractivity contribution in [2.75, 3.05) is 33.8 Å². The molecule has 1 atom stereocenters. The Bertz CT molecular complexity index is 1720. The number of imidazole rings is 1. The summed E-state index contributed by atoms with van der Waals surface area (Å²) in [6.45, 7) is 2.76. The summed E-state index contributed by atoms with van der Waals surface area (Å²) >= 11 is 1.53. The van der Waals surface area contributed by atoms with Gasteiger partial charge in [0.05, 0.1) is 23.0 Å². The van der Waals surface area contributed by atoms with Gasteiger partial charge >= 0.3 is 0 Å². The van der Waals surface area contributed by atoms with Gasteiger partial charge in [-0.2, -0.15) is 0 Å². The number of amides is 1. The molecule has 1 N–H and O–H groups in total. The lowest BCUT2D eigenvalue weighted by Gasteiger charge is -2.34. The number of fused-ring (bicyclic) bond motifs is 2. The van der Waals surface area contributed by atoms with Crippen molar-refractivity contribution in [2.24, 2.45) is 0 Å². The van der Waals surface area contributed by atoms with E-state index in [1.807, 2.05) is 24.3 Å². The molecule has 5 aromatic rings. The van der Waals surface area contributed by atoms with E-state index in [0.717, 1.165) is 45.0 Å². The van der Waals surface area contributed by atoms with Crippen LogP contribution >= 0.6 is 11.3 Å². The van der Waals surface area contributed by atoms with E-state index in [2.05, 4.69) is 47.3 Å². The van der Waals surface area contributed by atoms with Gasteiger partial charge in [0.15, 0.2) is 0 Å². The van der Waals surface area contributed by atoms with Crippen molar-refractivity contribution >= 4 is 28.3 Å². The Morgan fingerprint density at radius 2 is 1.81 bits per heavy atom. The average Bonchev–Trinajstić information content (AvgIpc) is 3.64. The Labute approximate surface area is 248 Å². The molecule has 0 saturated carbocycles. The third-order valence-corrected chi connectivity index (χ3v) is 9.95. The molecule has 7 rings (SSSR count). The van der Waals surface area contributed by atoms with Crippen LogP contribution in [0, 0.1) is 5.82 Å². The molecule has 2 aliphatic rings. The number of carbonyl (C=O) groups is 1. The second-order valence-corrected chi connectivity index (χ2v) is 12.4. The molecule has 1 unspecified atom stereocenters. The molecular weight excluding hydrogens is 547 g/mol. The monoisotopic (exact) mass is 580 g/mol. The number of hydrogen-bond acceptors (Lipinski definition) is 5. The van der Waals surface area contributed by atoms with Crippen LogP contribution in [-0.4, -0.2) is 59.5 Å². The fourth-order valence-electron chi connectivity index (χ4n) is 6.40. The maximum absolute atomic E-state index is 14.6. The number of rotatable bonds is 6. The molecule has 0 spiro atoms. The number of hydrogen-bond donors (Lipinski definition) is 1. The molecule has 42 heavy (non-hydrogen) atoms. The first-order valence-corrected chi connectivity index (χ1v) is 15.3. The average molecular weight is 581 g/mol. The number of methoxy groups -OCH3 is 1. The number of aromatic amines is 1. The zero-order chi connectivity index (χ0) is 28.8. The predicted octanol–water partition coefficient (Wildman–Crippen LogP) is 7.04. The molecule has 0 radical (unpaired) electrons. The van der Waals surface area contributed by atoms with Crippen LogP contribution < -0.4 is 4.74 Å². The van der Waals surface area contributed by atoms with Gasteiger partial charge in [-0.05, 0) is 98.4 Å². The molecule has 1 amide bonds. The van der Waals surface area contributed by atoms with E-state index < -0.39 is 6.04 Å². The lowest BCUT2D eigenvalue weighted by molar-refractivity contribution is 0.0687. The van der Waals surface area contributed by atoms with E-state index in [9.17, 15) is 9.18 Å². The Kier molecular flexibility index (Phi) is 7.04. The quantitative estimate of drug-likeness (QED) is 0.234. The number of likely N-dealkylation sites (tertiary alicyclic amines) is 1. The van der Waals surface area contributed by atoms with Crippen LogP contribution in [0.1, 0.15) is 57.0 Å². The number of para-hydroxylation sites is 2. The van der Waals surface area contributed by atoms with Crippen molar-refractivity contribution < 1.29 is 13.9 Å². The van der Waals surface area contributed by atoms with E-state index in [0.29, 0.717) is 36.0 Å². The lowest BCUT2D eigenvalue weighted by Crippen LogP contribution is -2.40. The maximum Gasteiger partial charge on any atom is 0.265 e. The Morgan fingerprint density at radius 3 is 2.57 bits per heavy atom. The molecule has 6 nitrogen and oxygen atoms in total. The molecule has 8 heteroatoms. The Hall–Kier alpha value is -4.01. The second-order valence-electron chi connectivity index (χ2n) is 11.3. The standard InChI is InChI=1S/C34H33FN4O2S/c1-38-16-13-22(14-17-38)21-7-9-23(10-8-21)30-19-24-15-18-39(34(40)32(24)42-30)31(26-20-25(35)11-12-29(26)41-2)33-36-27-5-3-4-6-28(27)37-33/h3-12,19-20,22,31H,13-18H2,1-2H3,(H,36,37). The van der Waals surface area contributed by atoms with Crippen molar-refractivity contribution in [3.8, 4) is 16.2 Å². The number of carbonyl (C=O) groups excluding carboxylic acids is 1. The summed E-state index contributed by atoms with van der Waals surface area (Å²) in [7, 11) is 3.75. The first kappa shape index (κ1) is 26.9. The summed E-state index contributed by atoms with van der Waals surface area (Å²) in [5, 5.41) is 0. The minimum absolute atomic E-state index is 0.0767. The van der Waals surface area contributed by atoms with Gasteiger partial charge in [-0.25, -0.2) is 9.37 Å². The van der Waals surface area contributed by atoms with Crippen molar-refractivity contribution in [1.29, 1.82) is 0 Å². The fraction of sp³-hybridized carbons (Fsp3) is 0.294. The third kappa shape index (κ3) is 4.88. The van der Waals surface area contributed by atoms with Crippen LogP contribution in [0.15, 0.2) is 72.8 Å². The minimum Gasteiger partial charge on any atom is -0.496 e. The molecule has 0 aliphatic carbocycles. The van der Waals surface area contributed by atoms with E-state index in [-0.39, 0.29) is 11.7 Å². The number of nitrogens with one attached hydrogen (secondary N) is 1. The number of benzene rings is 3. The highest BCUT2D eigenvalue weighted by Crippen LogP contribution is 2.41. The summed E-state index contributed by atoms with van der Waals surface area (Å²) in [4.78, 5) is 28.4. The first-order chi connectivity index (χ1) is 20.5. The third-order valence-electron chi connectivity index (χ3n) is 8.74. The Balaban J connectivity index is 1.22. The van der Waals surface area contributed by atoms with E-state index in [1.54, 1.807) is 18.1 Å². The number of halogens is 1. The Morgan fingerprint density at radius 1 is 1.02 bits per heavy atom. The smallest absolute Gasteiger partial charge is 0.265 e. The molecular formula is C34H33FN4O2S. The summed E-state index contributed by atoms with van der Waals surface area (Å²) < 4.78 is 20.3. The van der Waals surface area contributed by atoms with Gasteiger partial charge in [-0.15, -0.1) is 11.3 Å². The van der Waals surface area contributed by atoms with Gasteiger partial charge in [0.2, 0.25) is 0 Å². The van der Waals surface area contributed by atoms with Crippen LogP contribution in [0.4, 0.5) is 4.39 Å². The molecule has 1 saturated heterocycles. The second kappa shape index (κ2) is 11.0. The van der Waals surface area contributed by atoms with Crippen molar-refractivity contribution in [1.82, 2.24) is 19.8 Å². The normalized spacial score (nSPS) is 17.0. The van der Waals surface area contributed by atoms with Crippen LogP contribution in [0.2, 0.25) is 0 Å². The molecule has 2 aromatic heterocycles. The zero-order valence-electron chi connectivity index (χ0n) is 23.8. The molecule has 4 heterocycles. The lowest BCUT2D eigenvalue weighted by atomic mass is 9.89. The van der Waals surface area contributed by atoms with Gasteiger partial charge in [0.25, 0.3) is 5.91 Å². The van der Waals surface area contributed by atoms with Crippen LogP contribution in [0.25, 0.3) is 21.5 Å². The van der Waals surface area contributed by atoms with Gasteiger partial charge in [-0.1, -0.05) is 36.4 Å². The number of thiophene rings is 1. The molecule has 2 aliphatic heterocycles. The highest BCUT2D eigenvalue weighted by Gasteiger charge is 2.37. The van der Waals surface area contributed by atoms with Crippen molar-refractivity contribution in [3.63, 3.8) is 0 Å². The number of ether oxygens (including phenoxy) is 1. The van der Waals surface area contributed by atoms with Crippen molar-refractivity contribution in [2.45, 2.75) is 31.2 Å². The largest absolute Gasteiger partial charge is 0.496 e. The van der Waals surface area contributed by atoms with Gasteiger partial charge in [0.1, 0.15) is 23.4 Å². The zero-order valence-corrected chi connectivity index (χ0v) is 24.6. The first-order valence-electron chi connectivity index (χ1n) is 14.5. The molecule has 214 valence electrons. The summed E-state index contributed by atoms with van der Waals surface area (Å²) in [6, 6.07) is 22.6.